The first-order chi connectivity index (χ1) is 4.77. The average molecular weight is 140 g/mol. The van der Waals surface area contributed by atoms with Crippen molar-refractivity contribution in [2.24, 2.45) is 5.41 Å². The summed E-state index contributed by atoms with van der Waals surface area (Å²) in [5.41, 5.74) is 0.299. The zero-order valence-corrected chi connectivity index (χ0v) is 6.64. The molecule has 0 aromatic carbocycles. The number of aliphatic hydroxyl groups excluding tert-OH is 1. The van der Waals surface area contributed by atoms with E-state index < -0.39 is 0 Å². The second-order valence-electron chi connectivity index (χ2n) is 3.42. The zero-order valence-electron chi connectivity index (χ0n) is 6.64. The summed E-state index contributed by atoms with van der Waals surface area (Å²) in [5, 5.41) is 8.75. The fourth-order valence-electron chi connectivity index (χ4n) is 1.54. The molecule has 0 saturated carbocycles. The molecule has 0 aromatic rings. The van der Waals surface area contributed by atoms with Crippen LogP contribution in [0.15, 0.2) is 12.2 Å². The highest BCUT2D eigenvalue weighted by molar-refractivity contribution is 5.00. The molecule has 0 aliphatic heterocycles. The van der Waals surface area contributed by atoms with Crippen molar-refractivity contribution in [3.8, 4) is 0 Å². The summed E-state index contributed by atoms with van der Waals surface area (Å²) >= 11 is 0. The lowest BCUT2D eigenvalue weighted by atomic mass is 9.78. The maximum absolute atomic E-state index is 8.75. The van der Waals surface area contributed by atoms with E-state index in [0.717, 1.165) is 6.42 Å². The molecule has 0 saturated heterocycles. The molecule has 0 fully saturated rings. The predicted molar refractivity (Wildman–Crippen MR) is 42.8 cm³/mol. The average Bonchev–Trinajstić information content (AvgIpc) is 1.89. The Morgan fingerprint density at radius 2 is 2.40 bits per heavy atom. The third-order valence-electron chi connectivity index (χ3n) is 2.32. The molecule has 1 nitrogen and oxygen atoms in total. The minimum atomic E-state index is 0.299. The van der Waals surface area contributed by atoms with E-state index in [0.29, 0.717) is 12.0 Å². The number of allylic oxidation sites excluding steroid dienone is 2. The first-order valence-electron chi connectivity index (χ1n) is 4.05. The van der Waals surface area contributed by atoms with E-state index in [1.165, 1.54) is 19.3 Å². The Bertz CT molecular complexity index is 129. The molecule has 0 bridgehead atoms. The van der Waals surface area contributed by atoms with Gasteiger partial charge in [-0.3, -0.25) is 0 Å². The van der Waals surface area contributed by atoms with Crippen LogP contribution >= 0.6 is 0 Å². The maximum Gasteiger partial charge on any atom is 0.0439 e. The molecule has 1 N–H and O–H groups in total. The van der Waals surface area contributed by atoms with Crippen LogP contribution in [-0.4, -0.2) is 11.7 Å². The fraction of sp³-hybridized carbons (Fsp3) is 0.778. The summed E-state index contributed by atoms with van der Waals surface area (Å²) < 4.78 is 0. The van der Waals surface area contributed by atoms with Crippen molar-refractivity contribution in [2.45, 2.75) is 32.6 Å². The quantitative estimate of drug-likeness (QED) is 0.582. The third kappa shape index (κ3) is 1.84. The summed E-state index contributed by atoms with van der Waals surface area (Å²) in [6.45, 7) is 2.54. The summed E-state index contributed by atoms with van der Waals surface area (Å²) in [4.78, 5) is 0. The molecule has 1 aliphatic rings. The van der Waals surface area contributed by atoms with Crippen molar-refractivity contribution in [3.63, 3.8) is 0 Å². The lowest BCUT2D eigenvalue weighted by Crippen LogP contribution is -2.17. The molecule has 1 heteroatoms. The van der Waals surface area contributed by atoms with Gasteiger partial charge in [0.1, 0.15) is 0 Å². The van der Waals surface area contributed by atoms with Gasteiger partial charge in [-0.2, -0.15) is 0 Å². The number of hydrogen-bond donors (Lipinski definition) is 1. The Hall–Kier alpha value is -0.300. The standard InChI is InChI=1S/C9H16O/c1-9(7-8-10)5-3-2-4-6-9/h3,5,10H,2,4,6-8H2,1H3/t9-/m1/s1. The van der Waals surface area contributed by atoms with Gasteiger partial charge in [-0.1, -0.05) is 19.1 Å². The van der Waals surface area contributed by atoms with E-state index in [1.54, 1.807) is 0 Å². The van der Waals surface area contributed by atoms with Crippen LogP contribution < -0.4 is 0 Å². The summed E-state index contributed by atoms with van der Waals surface area (Å²) in [6.07, 6.45) is 9.16. The van der Waals surface area contributed by atoms with Gasteiger partial charge in [0.25, 0.3) is 0 Å². The van der Waals surface area contributed by atoms with Crippen molar-refractivity contribution in [1.29, 1.82) is 0 Å². The molecule has 1 aliphatic carbocycles. The van der Waals surface area contributed by atoms with Gasteiger partial charge in [-0.15, -0.1) is 0 Å². The van der Waals surface area contributed by atoms with E-state index in [4.69, 9.17) is 5.11 Å². The lowest BCUT2D eigenvalue weighted by molar-refractivity contribution is 0.217. The molecule has 0 radical (unpaired) electrons. The molecule has 0 aromatic heterocycles. The van der Waals surface area contributed by atoms with Crippen LogP contribution in [0.5, 0.6) is 0 Å². The van der Waals surface area contributed by atoms with Gasteiger partial charge >= 0.3 is 0 Å². The van der Waals surface area contributed by atoms with Gasteiger partial charge < -0.3 is 5.11 Å². The van der Waals surface area contributed by atoms with Crippen LogP contribution in [0.25, 0.3) is 0 Å². The molecule has 0 unspecified atom stereocenters. The Labute approximate surface area is 62.8 Å². The molecule has 0 spiro atoms. The zero-order chi connectivity index (χ0) is 7.45. The largest absolute Gasteiger partial charge is 0.396 e. The van der Waals surface area contributed by atoms with E-state index in [1.807, 2.05) is 0 Å². The second kappa shape index (κ2) is 3.20. The van der Waals surface area contributed by atoms with Gasteiger partial charge in [0.15, 0.2) is 0 Å². The molecule has 0 amide bonds. The van der Waals surface area contributed by atoms with Crippen LogP contribution in [0.2, 0.25) is 0 Å². The van der Waals surface area contributed by atoms with Gasteiger partial charge in [-0.05, 0) is 31.1 Å². The first-order valence-corrected chi connectivity index (χ1v) is 4.05. The molecule has 58 valence electrons. The van der Waals surface area contributed by atoms with Crippen LogP contribution in [0.3, 0.4) is 0 Å². The van der Waals surface area contributed by atoms with E-state index in [9.17, 15) is 0 Å². The van der Waals surface area contributed by atoms with E-state index in [2.05, 4.69) is 19.1 Å². The highest BCUT2D eigenvalue weighted by Gasteiger charge is 2.21. The van der Waals surface area contributed by atoms with Crippen LogP contribution in [0.4, 0.5) is 0 Å². The Kier molecular flexibility index (Phi) is 2.50. The predicted octanol–water partition coefficient (Wildman–Crippen LogP) is 2.12. The Balaban J connectivity index is 2.48. The number of hydrogen-bond acceptors (Lipinski definition) is 1. The van der Waals surface area contributed by atoms with Crippen molar-refractivity contribution >= 4 is 0 Å². The van der Waals surface area contributed by atoms with E-state index in [-0.39, 0.29) is 0 Å². The van der Waals surface area contributed by atoms with Gasteiger partial charge in [-0.25, -0.2) is 0 Å². The van der Waals surface area contributed by atoms with Gasteiger partial charge in [0.05, 0.1) is 0 Å². The molecule has 0 heterocycles. The molecule has 1 atom stereocenters. The minimum Gasteiger partial charge on any atom is -0.396 e. The van der Waals surface area contributed by atoms with Gasteiger partial charge in [0.2, 0.25) is 0 Å². The van der Waals surface area contributed by atoms with Crippen molar-refractivity contribution in [3.05, 3.63) is 12.2 Å². The van der Waals surface area contributed by atoms with Gasteiger partial charge in [0, 0.05) is 6.61 Å². The smallest absolute Gasteiger partial charge is 0.0439 e. The minimum absolute atomic E-state index is 0.299. The van der Waals surface area contributed by atoms with Crippen LogP contribution in [0, 0.1) is 5.41 Å². The topological polar surface area (TPSA) is 20.2 Å². The van der Waals surface area contributed by atoms with Crippen molar-refractivity contribution in [2.75, 3.05) is 6.61 Å². The third-order valence-corrected chi connectivity index (χ3v) is 2.32. The molecule has 1 rings (SSSR count). The molecular weight excluding hydrogens is 124 g/mol. The molecular formula is C9H16O. The lowest BCUT2D eigenvalue weighted by Gasteiger charge is -2.27. The number of aliphatic hydroxyl groups is 1. The van der Waals surface area contributed by atoms with E-state index >= 15 is 0 Å². The summed E-state index contributed by atoms with van der Waals surface area (Å²) in [6, 6.07) is 0. The van der Waals surface area contributed by atoms with Crippen LogP contribution in [0.1, 0.15) is 32.6 Å². The first kappa shape index (κ1) is 7.80. The highest BCUT2D eigenvalue weighted by atomic mass is 16.3. The Morgan fingerprint density at radius 1 is 1.60 bits per heavy atom. The Morgan fingerprint density at radius 3 is 2.90 bits per heavy atom. The van der Waals surface area contributed by atoms with Crippen molar-refractivity contribution < 1.29 is 5.11 Å². The monoisotopic (exact) mass is 140 g/mol. The molecule has 10 heavy (non-hydrogen) atoms. The van der Waals surface area contributed by atoms with Crippen molar-refractivity contribution in [1.82, 2.24) is 0 Å². The highest BCUT2D eigenvalue weighted by Crippen LogP contribution is 2.33. The summed E-state index contributed by atoms with van der Waals surface area (Å²) in [5.74, 6) is 0. The number of rotatable bonds is 2. The second-order valence-corrected chi connectivity index (χ2v) is 3.42. The maximum atomic E-state index is 8.75. The summed E-state index contributed by atoms with van der Waals surface area (Å²) in [7, 11) is 0. The SMILES string of the molecule is C[C@@]1(CCO)C=CCCC1. The fourth-order valence-corrected chi connectivity index (χ4v) is 1.54. The van der Waals surface area contributed by atoms with Crippen LogP contribution in [-0.2, 0) is 0 Å². The normalized spacial score (nSPS) is 32.6.